The van der Waals surface area contributed by atoms with Gasteiger partial charge in [0, 0.05) is 13.1 Å². The molecule has 3 heteroatoms. The Bertz CT molecular complexity index is 340. The third-order valence-corrected chi connectivity index (χ3v) is 2.98. The van der Waals surface area contributed by atoms with Crippen molar-refractivity contribution in [3.63, 3.8) is 0 Å². The minimum Gasteiger partial charge on any atom is -0.497 e. The minimum absolute atomic E-state index is 0.147. The molecule has 1 aliphatic rings. The zero-order valence-corrected chi connectivity index (χ0v) is 9.90. The molecule has 3 nitrogen and oxygen atoms in total. The average molecular weight is 221 g/mol. The summed E-state index contributed by atoms with van der Waals surface area (Å²) < 4.78 is 11.2. The van der Waals surface area contributed by atoms with Gasteiger partial charge >= 0.3 is 0 Å². The molecule has 0 aromatic heterocycles. The van der Waals surface area contributed by atoms with E-state index in [-0.39, 0.29) is 6.10 Å². The van der Waals surface area contributed by atoms with E-state index < -0.39 is 0 Å². The molecule has 0 radical (unpaired) electrons. The molecule has 1 aliphatic heterocycles. The molecule has 0 amide bonds. The van der Waals surface area contributed by atoms with Crippen LogP contribution in [0.5, 0.6) is 5.75 Å². The first-order valence-corrected chi connectivity index (χ1v) is 5.83. The standard InChI is InChI=1S/C13H19NO2/c1-3-11-8-14-9-13(16-11)10-5-4-6-12(7-10)15-2/h4-7,11,13-14H,3,8-9H2,1-2H3. The second kappa shape index (κ2) is 5.32. The van der Waals surface area contributed by atoms with E-state index in [0.29, 0.717) is 6.10 Å². The van der Waals surface area contributed by atoms with E-state index in [9.17, 15) is 0 Å². The first kappa shape index (κ1) is 11.4. The van der Waals surface area contributed by atoms with E-state index in [2.05, 4.69) is 18.3 Å². The number of rotatable bonds is 3. The molecule has 1 heterocycles. The van der Waals surface area contributed by atoms with Crippen molar-refractivity contribution < 1.29 is 9.47 Å². The lowest BCUT2D eigenvalue weighted by molar-refractivity contribution is -0.0400. The van der Waals surface area contributed by atoms with Crippen LogP contribution in [0.3, 0.4) is 0 Å². The van der Waals surface area contributed by atoms with Gasteiger partial charge in [-0.3, -0.25) is 0 Å². The van der Waals surface area contributed by atoms with Crippen molar-refractivity contribution in [2.24, 2.45) is 0 Å². The van der Waals surface area contributed by atoms with Crippen LogP contribution in [0.25, 0.3) is 0 Å². The highest BCUT2D eigenvalue weighted by Gasteiger charge is 2.22. The van der Waals surface area contributed by atoms with E-state index >= 15 is 0 Å². The van der Waals surface area contributed by atoms with Crippen LogP contribution in [-0.2, 0) is 4.74 Å². The number of hydrogen-bond acceptors (Lipinski definition) is 3. The van der Waals surface area contributed by atoms with Crippen molar-refractivity contribution in [2.45, 2.75) is 25.6 Å². The largest absolute Gasteiger partial charge is 0.497 e. The number of morpholine rings is 1. The van der Waals surface area contributed by atoms with Gasteiger partial charge in [-0.1, -0.05) is 19.1 Å². The monoisotopic (exact) mass is 221 g/mol. The van der Waals surface area contributed by atoms with Crippen molar-refractivity contribution in [2.75, 3.05) is 20.2 Å². The highest BCUT2D eigenvalue weighted by Crippen LogP contribution is 2.25. The molecule has 16 heavy (non-hydrogen) atoms. The van der Waals surface area contributed by atoms with Crippen LogP contribution >= 0.6 is 0 Å². The first-order valence-electron chi connectivity index (χ1n) is 5.83. The topological polar surface area (TPSA) is 30.5 Å². The molecule has 2 unspecified atom stereocenters. The fraction of sp³-hybridized carbons (Fsp3) is 0.538. The molecule has 2 atom stereocenters. The van der Waals surface area contributed by atoms with E-state index in [4.69, 9.17) is 9.47 Å². The van der Waals surface area contributed by atoms with Crippen molar-refractivity contribution in [1.82, 2.24) is 5.32 Å². The molecule has 88 valence electrons. The molecule has 0 saturated carbocycles. The average Bonchev–Trinajstić information content (AvgIpc) is 2.39. The summed E-state index contributed by atoms with van der Waals surface area (Å²) >= 11 is 0. The second-order valence-corrected chi connectivity index (χ2v) is 4.09. The Morgan fingerprint density at radius 1 is 1.44 bits per heavy atom. The fourth-order valence-electron chi connectivity index (χ4n) is 1.98. The maximum atomic E-state index is 6.00. The Labute approximate surface area is 96.8 Å². The summed E-state index contributed by atoms with van der Waals surface area (Å²) in [7, 11) is 1.69. The molecule has 2 rings (SSSR count). The number of methoxy groups -OCH3 is 1. The number of ether oxygens (including phenoxy) is 2. The summed E-state index contributed by atoms with van der Waals surface area (Å²) in [5.41, 5.74) is 1.19. The van der Waals surface area contributed by atoms with Crippen LogP contribution < -0.4 is 10.1 Å². The van der Waals surface area contributed by atoms with Crippen LogP contribution in [0.1, 0.15) is 25.0 Å². The summed E-state index contributed by atoms with van der Waals surface area (Å²) in [4.78, 5) is 0. The molecule has 1 fully saturated rings. The van der Waals surface area contributed by atoms with Gasteiger partial charge in [0.1, 0.15) is 5.75 Å². The van der Waals surface area contributed by atoms with Crippen LogP contribution in [0.15, 0.2) is 24.3 Å². The highest BCUT2D eigenvalue weighted by atomic mass is 16.5. The van der Waals surface area contributed by atoms with Gasteiger partial charge in [-0.15, -0.1) is 0 Å². The predicted molar refractivity (Wildman–Crippen MR) is 63.8 cm³/mol. The summed E-state index contributed by atoms with van der Waals surface area (Å²) in [6.45, 7) is 3.99. The lowest BCUT2D eigenvalue weighted by Gasteiger charge is -2.30. The van der Waals surface area contributed by atoms with Gasteiger partial charge in [0.25, 0.3) is 0 Å². The summed E-state index contributed by atoms with van der Waals surface area (Å²) in [6.07, 6.45) is 1.52. The van der Waals surface area contributed by atoms with Crippen molar-refractivity contribution in [1.29, 1.82) is 0 Å². The van der Waals surface area contributed by atoms with Gasteiger partial charge in [-0.05, 0) is 24.1 Å². The highest BCUT2D eigenvalue weighted by molar-refractivity contribution is 5.30. The first-order chi connectivity index (χ1) is 7.83. The maximum absolute atomic E-state index is 6.00. The number of benzene rings is 1. The maximum Gasteiger partial charge on any atom is 0.119 e. The summed E-state index contributed by atoms with van der Waals surface area (Å²) in [5, 5.41) is 3.41. The normalized spacial score (nSPS) is 25.4. The van der Waals surface area contributed by atoms with Crippen LogP contribution in [-0.4, -0.2) is 26.3 Å². The van der Waals surface area contributed by atoms with Crippen molar-refractivity contribution >= 4 is 0 Å². The Kier molecular flexibility index (Phi) is 3.80. The summed E-state index contributed by atoms with van der Waals surface area (Å²) in [6, 6.07) is 8.10. The molecular formula is C13H19NO2. The third-order valence-electron chi connectivity index (χ3n) is 2.98. The second-order valence-electron chi connectivity index (χ2n) is 4.09. The molecule has 0 aliphatic carbocycles. The SMILES string of the molecule is CCC1CNCC(c2cccc(OC)c2)O1. The van der Waals surface area contributed by atoms with Crippen molar-refractivity contribution in [3.05, 3.63) is 29.8 Å². The van der Waals surface area contributed by atoms with Gasteiger partial charge < -0.3 is 14.8 Å². The third kappa shape index (κ3) is 2.54. The Morgan fingerprint density at radius 2 is 2.31 bits per heavy atom. The van der Waals surface area contributed by atoms with E-state index in [1.807, 2.05) is 18.2 Å². The van der Waals surface area contributed by atoms with Gasteiger partial charge in [0.2, 0.25) is 0 Å². The van der Waals surface area contributed by atoms with Gasteiger partial charge in [0.05, 0.1) is 19.3 Å². The molecule has 1 saturated heterocycles. The number of nitrogens with one attached hydrogen (secondary N) is 1. The van der Waals surface area contributed by atoms with Crippen LogP contribution in [0, 0.1) is 0 Å². The molecule has 1 aromatic rings. The van der Waals surface area contributed by atoms with Gasteiger partial charge in [-0.2, -0.15) is 0 Å². The summed E-state index contributed by atoms with van der Waals surface area (Å²) in [5.74, 6) is 0.889. The van der Waals surface area contributed by atoms with Crippen molar-refractivity contribution in [3.8, 4) is 5.75 Å². The zero-order chi connectivity index (χ0) is 11.4. The fourth-order valence-corrected chi connectivity index (χ4v) is 1.98. The molecule has 0 bridgehead atoms. The molecular weight excluding hydrogens is 202 g/mol. The lowest BCUT2D eigenvalue weighted by Crippen LogP contribution is -2.40. The quantitative estimate of drug-likeness (QED) is 0.848. The van der Waals surface area contributed by atoms with Gasteiger partial charge in [0.15, 0.2) is 0 Å². The van der Waals surface area contributed by atoms with Gasteiger partial charge in [-0.25, -0.2) is 0 Å². The molecule has 1 aromatic carbocycles. The van der Waals surface area contributed by atoms with Crippen LogP contribution in [0.2, 0.25) is 0 Å². The van der Waals surface area contributed by atoms with E-state index in [0.717, 1.165) is 25.3 Å². The predicted octanol–water partition coefficient (Wildman–Crippen LogP) is 2.13. The lowest BCUT2D eigenvalue weighted by atomic mass is 10.1. The Balaban J connectivity index is 2.10. The minimum atomic E-state index is 0.147. The van der Waals surface area contributed by atoms with E-state index in [1.54, 1.807) is 7.11 Å². The smallest absolute Gasteiger partial charge is 0.119 e. The van der Waals surface area contributed by atoms with E-state index in [1.165, 1.54) is 5.56 Å². The molecule has 0 spiro atoms. The Morgan fingerprint density at radius 3 is 3.06 bits per heavy atom. The van der Waals surface area contributed by atoms with Crippen LogP contribution in [0.4, 0.5) is 0 Å². The Hall–Kier alpha value is -1.06. The molecule has 1 N–H and O–H groups in total. The zero-order valence-electron chi connectivity index (χ0n) is 9.90. The number of hydrogen-bond donors (Lipinski definition) is 1.